The van der Waals surface area contributed by atoms with Crippen LogP contribution in [0.5, 0.6) is 5.75 Å². The summed E-state index contributed by atoms with van der Waals surface area (Å²) in [5, 5.41) is 13.0. The fraction of sp³-hybridized carbons (Fsp3) is 0.571. The Morgan fingerprint density at radius 2 is 2.28 bits per heavy atom. The van der Waals surface area contributed by atoms with Crippen molar-refractivity contribution in [2.75, 3.05) is 31.7 Å². The predicted octanol–water partition coefficient (Wildman–Crippen LogP) is 1.82. The quantitative estimate of drug-likeness (QED) is 0.809. The van der Waals surface area contributed by atoms with Gasteiger partial charge in [0.1, 0.15) is 18.5 Å². The van der Waals surface area contributed by atoms with Gasteiger partial charge in [0.05, 0.1) is 12.3 Å². The van der Waals surface area contributed by atoms with E-state index in [2.05, 4.69) is 11.4 Å². The molecule has 18 heavy (non-hydrogen) atoms. The lowest BCUT2D eigenvalue weighted by molar-refractivity contribution is 0.0166. The Balaban J connectivity index is 1.93. The fourth-order valence-corrected chi connectivity index (χ4v) is 2.09. The lowest BCUT2D eigenvalue weighted by Gasteiger charge is -2.22. The molecule has 1 aromatic rings. The first-order valence-electron chi connectivity index (χ1n) is 6.55. The van der Waals surface area contributed by atoms with E-state index in [-0.39, 0.29) is 6.61 Å². The molecule has 0 saturated heterocycles. The van der Waals surface area contributed by atoms with Crippen LogP contribution in [0.1, 0.15) is 18.9 Å². The van der Waals surface area contributed by atoms with Crippen molar-refractivity contribution in [2.45, 2.75) is 25.9 Å². The van der Waals surface area contributed by atoms with Crippen LogP contribution >= 0.6 is 0 Å². The van der Waals surface area contributed by atoms with Gasteiger partial charge in [0, 0.05) is 13.2 Å². The Morgan fingerprint density at radius 1 is 1.39 bits per heavy atom. The first-order chi connectivity index (χ1) is 8.81. The van der Waals surface area contributed by atoms with E-state index in [1.54, 1.807) is 0 Å². The second-order valence-electron chi connectivity index (χ2n) is 4.44. The van der Waals surface area contributed by atoms with Crippen LogP contribution in [-0.2, 0) is 11.2 Å². The summed E-state index contributed by atoms with van der Waals surface area (Å²) < 4.78 is 10.8. The van der Waals surface area contributed by atoms with E-state index in [0.29, 0.717) is 13.2 Å². The number of nitrogens with one attached hydrogen (secondary N) is 1. The Hall–Kier alpha value is -1.26. The highest BCUT2D eigenvalue weighted by molar-refractivity contribution is 5.63. The zero-order valence-corrected chi connectivity index (χ0v) is 10.8. The van der Waals surface area contributed by atoms with Gasteiger partial charge in [-0.1, -0.05) is 12.1 Å². The number of para-hydroxylation sites is 1. The van der Waals surface area contributed by atoms with Crippen LogP contribution in [0.4, 0.5) is 5.69 Å². The molecule has 1 aliphatic rings. The average molecular weight is 251 g/mol. The minimum Gasteiger partial charge on any atom is -0.489 e. The maximum Gasteiger partial charge on any atom is 0.142 e. The summed E-state index contributed by atoms with van der Waals surface area (Å²) in [4.78, 5) is 0. The molecule has 2 N–H and O–H groups in total. The van der Waals surface area contributed by atoms with Gasteiger partial charge < -0.3 is 19.9 Å². The van der Waals surface area contributed by atoms with Crippen molar-refractivity contribution >= 4 is 5.69 Å². The predicted molar refractivity (Wildman–Crippen MR) is 71.2 cm³/mol. The molecule has 1 unspecified atom stereocenters. The molecule has 1 aromatic carbocycles. The van der Waals surface area contributed by atoms with Crippen LogP contribution in [0.15, 0.2) is 18.2 Å². The lowest BCUT2D eigenvalue weighted by atomic mass is 10.0. The second-order valence-corrected chi connectivity index (χ2v) is 4.44. The zero-order chi connectivity index (χ0) is 12.8. The van der Waals surface area contributed by atoms with Gasteiger partial charge >= 0.3 is 0 Å². The van der Waals surface area contributed by atoms with Gasteiger partial charge in [0.25, 0.3) is 0 Å². The summed E-state index contributed by atoms with van der Waals surface area (Å²) in [6, 6.07) is 6.05. The molecule has 0 spiro atoms. The maximum atomic E-state index is 9.68. The number of fused-ring (bicyclic) bond motifs is 1. The SMILES string of the molecule is CCOCC(O)COc1cccc2c1NCCC2. The third-order valence-corrected chi connectivity index (χ3v) is 2.98. The molecule has 1 aliphatic heterocycles. The van der Waals surface area contributed by atoms with Crippen molar-refractivity contribution in [2.24, 2.45) is 0 Å². The molecule has 0 aromatic heterocycles. The van der Waals surface area contributed by atoms with Crippen LogP contribution < -0.4 is 10.1 Å². The minimum absolute atomic E-state index is 0.262. The number of hydrogen-bond acceptors (Lipinski definition) is 4. The smallest absolute Gasteiger partial charge is 0.142 e. The first kappa shape index (κ1) is 13.2. The van der Waals surface area contributed by atoms with E-state index in [4.69, 9.17) is 9.47 Å². The van der Waals surface area contributed by atoms with Crippen molar-refractivity contribution in [3.63, 3.8) is 0 Å². The van der Waals surface area contributed by atoms with Crippen molar-refractivity contribution in [3.8, 4) is 5.75 Å². The van der Waals surface area contributed by atoms with Crippen LogP contribution in [-0.4, -0.2) is 37.6 Å². The van der Waals surface area contributed by atoms with Gasteiger partial charge in [0.2, 0.25) is 0 Å². The van der Waals surface area contributed by atoms with Gasteiger partial charge in [-0.2, -0.15) is 0 Å². The van der Waals surface area contributed by atoms with Crippen molar-refractivity contribution < 1.29 is 14.6 Å². The summed E-state index contributed by atoms with van der Waals surface area (Å²) in [6.45, 7) is 4.08. The molecule has 4 heteroatoms. The molecule has 4 nitrogen and oxygen atoms in total. The fourth-order valence-electron chi connectivity index (χ4n) is 2.09. The highest BCUT2D eigenvalue weighted by Gasteiger charge is 2.14. The number of aliphatic hydroxyl groups excluding tert-OH is 1. The van der Waals surface area contributed by atoms with E-state index in [1.807, 2.05) is 19.1 Å². The summed E-state index contributed by atoms with van der Waals surface area (Å²) in [6.07, 6.45) is 1.66. The standard InChI is InChI=1S/C14H21NO3/c1-2-17-9-12(16)10-18-13-7-3-5-11-6-4-8-15-14(11)13/h3,5,7,12,15-16H,2,4,6,8-10H2,1H3. The second kappa shape index (κ2) is 6.61. The Labute approximate surface area is 108 Å². The minimum atomic E-state index is -0.579. The van der Waals surface area contributed by atoms with Crippen LogP contribution in [0.2, 0.25) is 0 Å². The number of ether oxygens (including phenoxy) is 2. The van der Waals surface area contributed by atoms with Crippen molar-refractivity contribution in [3.05, 3.63) is 23.8 Å². The van der Waals surface area contributed by atoms with E-state index < -0.39 is 6.10 Å². The molecule has 0 radical (unpaired) electrons. The van der Waals surface area contributed by atoms with Crippen LogP contribution in [0.3, 0.4) is 0 Å². The van der Waals surface area contributed by atoms with E-state index in [9.17, 15) is 5.11 Å². The molecule has 0 amide bonds. The molecular formula is C14H21NO3. The summed E-state index contributed by atoms with van der Waals surface area (Å²) in [5.41, 5.74) is 2.37. The van der Waals surface area contributed by atoms with Crippen LogP contribution in [0.25, 0.3) is 0 Å². The third kappa shape index (κ3) is 3.37. The van der Waals surface area contributed by atoms with Gasteiger partial charge in [-0.05, 0) is 31.4 Å². The molecule has 100 valence electrons. The molecule has 2 rings (SSSR count). The van der Waals surface area contributed by atoms with Crippen LogP contribution in [0, 0.1) is 0 Å². The number of benzene rings is 1. The van der Waals surface area contributed by atoms with E-state index >= 15 is 0 Å². The molecule has 0 fully saturated rings. The number of aryl methyl sites for hydroxylation is 1. The Morgan fingerprint density at radius 3 is 3.11 bits per heavy atom. The number of anilines is 1. The molecule has 0 aliphatic carbocycles. The topological polar surface area (TPSA) is 50.7 Å². The highest BCUT2D eigenvalue weighted by Crippen LogP contribution is 2.31. The van der Waals surface area contributed by atoms with Gasteiger partial charge in [-0.25, -0.2) is 0 Å². The maximum absolute atomic E-state index is 9.68. The van der Waals surface area contributed by atoms with Gasteiger partial charge in [0.15, 0.2) is 0 Å². The normalized spacial score (nSPS) is 15.7. The number of rotatable bonds is 6. The van der Waals surface area contributed by atoms with E-state index in [0.717, 1.165) is 30.8 Å². The summed E-state index contributed by atoms with van der Waals surface area (Å²) >= 11 is 0. The average Bonchev–Trinajstić information content (AvgIpc) is 2.42. The first-order valence-corrected chi connectivity index (χ1v) is 6.55. The zero-order valence-electron chi connectivity index (χ0n) is 10.8. The summed E-state index contributed by atoms with van der Waals surface area (Å²) in [7, 11) is 0. The molecular weight excluding hydrogens is 230 g/mol. The third-order valence-electron chi connectivity index (χ3n) is 2.98. The molecule has 0 saturated carbocycles. The summed E-state index contributed by atoms with van der Waals surface area (Å²) in [5.74, 6) is 0.822. The van der Waals surface area contributed by atoms with Gasteiger partial charge in [-0.3, -0.25) is 0 Å². The van der Waals surface area contributed by atoms with Crippen molar-refractivity contribution in [1.29, 1.82) is 0 Å². The Kier molecular flexibility index (Phi) is 4.84. The van der Waals surface area contributed by atoms with Gasteiger partial charge in [-0.15, -0.1) is 0 Å². The largest absolute Gasteiger partial charge is 0.489 e. The number of aliphatic hydroxyl groups is 1. The van der Waals surface area contributed by atoms with E-state index in [1.165, 1.54) is 5.56 Å². The Bertz CT molecular complexity index is 381. The van der Waals surface area contributed by atoms with Crippen molar-refractivity contribution in [1.82, 2.24) is 0 Å². The highest BCUT2D eigenvalue weighted by atomic mass is 16.5. The molecule has 1 atom stereocenters. The number of hydrogen-bond donors (Lipinski definition) is 2. The molecule has 0 bridgehead atoms. The lowest BCUT2D eigenvalue weighted by Crippen LogP contribution is -2.24. The monoisotopic (exact) mass is 251 g/mol. The molecule has 1 heterocycles.